The second-order valence-corrected chi connectivity index (χ2v) is 8.81. The Morgan fingerprint density at radius 3 is 2.65 bits per heavy atom. The molecule has 0 aliphatic carbocycles. The molecule has 1 aromatic heterocycles. The normalized spacial score (nSPS) is 16.8. The number of sulfonamides is 1. The number of carbonyl (C=O) groups is 1. The lowest BCUT2D eigenvalue weighted by Gasteiger charge is -2.17. The quantitative estimate of drug-likeness (QED) is 0.754. The summed E-state index contributed by atoms with van der Waals surface area (Å²) in [6.07, 6.45) is 5.68. The van der Waals surface area contributed by atoms with Crippen LogP contribution in [-0.4, -0.2) is 42.8 Å². The number of nitrogens with zero attached hydrogens (tertiary/aromatic N) is 2. The molecule has 0 bridgehead atoms. The Hall–Kier alpha value is -1.86. The van der Waals surface area contributed by atoms with E-state index in [1.807, 2.05) is 23.8 Å². The lowest BCUT2D eigenvalue weighted by atomic mass is 10.2. The minimum Gasteiger partial charge on any atom is -0.354 e. The second kappa shape index (κ2) is 7.80. The molecule has 0 spiro atoms. The number of unbranched alkanes of at least 4 members (excludes halogenated alkanes) is 1. The van der Waals surface area contributed by atoms with Crippen molar-refractivity contribution in [2.45, 2.75) is 50.5 Å². The number of hydrogen-bond acceptors (Lipinski definition) is 3. The first-order valence-corrected chi connectivity index (χ1v) is 10.8. The molecule has 26 heavy (non-hydrogen) atoms. The van der Waals surface area contributed by atoms with E-state index in [2.05, 4.69) is 12.2 Å². The molecule has 0 saturated carbocycles. The molecule has 1 fully saturated rings. The van der Waals surface area contributed by atoms with Crippen LogP contribution in [0.4, 0.5) is 0 Å². The van der Waals surface area contributed by atoms with Crippen LogP contribution in [0.5, 0.6) is 0 Å². The predicted octanol–water partition coefficient (Wildman–Crippen LogP) is 2.90. The number of aromatic nitrogens is 1. The van der Waals surface area contributed by atoms with Crippen LogP contribution < -0.4 is 5.32 Å². The van der Waals surface area contributed by atoms with E-state index >= 15 is 0 Å². The van der Waals surface area contributed by atoms with Crippen molar-refractivity contribution in [3.63, 3.8) is 0 Å². The van der Waals surface area contributed by atoms with Crippen LogP contribution in [0.15, 0.2) is 35.4 Å². The van der Waals surface area contributed by atoms with Gasteiger partial charge in [-0.15, -0.1) is 0 Å². The number of carbonyl (C=O) groups excluding carboxylic acids is 1. The van der Waals surface area contributed by atoms with Gasteiger partial charge in [0.15, 0.2) is 0 Å². The van der Waals surface area contributed by atoms with Gasteiger partial charge in [0.25, 0.3) is 0 Å². The number of nitrogens with one attached hydrogen (secondary N) is 1. The number of hydrogen-bond donors (Lipinski definition) is 1. The van der Waals surface area contributed by atoms with Crippen molar-refractivity contribution >= 4 is 26.8 Å². The monoisotopic (exact) mass is 377 g/mol. The molecule has 1 atom stereocenters. The minimum absolute atomic E-state index is 0.0234. The average Bonchev–Trinajstić information content (AvgIpc) is 3.30. The molecule has 1 aliphatic rings. The van der Waals surface area contributed by atoms with Gasteiger partial charge in [0.2, 0.25) is 15.9 Å². The van der Waals surface area contributed by atoms with E-state index in [4.69, 9.17) is 0 Å². The van der Waals surface area contributed by atoms with Gasteiger partial charge in [0.05, 0.1) is 4.90 Å². The van der Waals surface area contributed by atoms with Gasteiger partial charge >= 0.3 is 0 Å². The Labute approximate surface area is 155 Å². The smallest absolute Gasteiger partial charge is 0.243 e. The highest BCUT2D eigenvalue weighted by molar-refractivity contribution is 7.89. The molecule has 0 unspecified atom stereocenters. The van der Waals surface area contributed by atoms with Gasteiger partial charge in [-0.1, -0.05) is 13.3 Å². The molecule has 7 heteroatoms. The number of benzene rings is 1. The Kier molecular flexibility index (Phi) is 5.67. The molecular weight excluding hydrogens is 350 g/mol. The highest BCUT2D eigenvalue weighted by Crippen LogP contribution is 2.26. The maximum Gasteiger partial charge on any atom is 0.243 e. The predicted molar refractivity (Wildman–Crippen MR) is 103 cm³/mol. The Bertz CT molecular complexity index is 883. The van der Waals surface area contributed by atoms with Gasteiger partial charge in [-0.3, -0.25) is 4.79 Å². The van der Waals surface area contributed by atoms with Crippen LogP contribution in [0.1, 0.15) is 45.6 Å². The fourth-order valence-corrected chi connectivity index (χ4v) is 4.93. The SMILES string of the molecule is CCCCNC(=O)[C@H](C)n1ccc2cc(S(=O)(=O)N3CCCC3)ccc21. The molecular formula is C19H27N3O3S. The molecule has 142 valence electrons. The van der Waals surface area contributed by atoms with Crippen molar-refractivity contribution in [3.05, 3.63) is 30.5 Å². The zero-order chi connectivity index (χ0) is 18.7. The summed E-state index contributed by atoms with van der Waals surface area (Å²) in [7, 11) is -3.43. The topological polar surface area (TPSA) is 71.4 Å². The van der Waals surface area contributed by atoms with Crippen molar-refractivity contribution in [1.29, 1.82) is 0 Å². The average molecular weight is 378 g/mol. The molecule has 0 radical (unpaired) electrons. The molecule has 2 heterocycles. The molecule has 1 aromatic carbocycles. The van der Waals surface area contributed by atoms with Crippen LogP contribution in [-0.2, 0) is 14.8 Å². The standard InChI is InChI=1S/C19H27N3O3S/c1-3-4-10-20-19(23)15(2)22-13-9-16-14-17(7-8-18(16)22)26(24,25)21-11-5-6-12-21/h7-9,13-15H,3-6,10-12H2,1-2H3,(H,20,23)/t15-/m0/s1. The van der Waals surface area contributed by atoms with Gasteiger partial charge < -0.3 is 9.88 Å². The van der Waals surface area contributed by atoms with Gasteiger partial charge in [-0.25, -0.2) is 8.42 Å². The summed E-state index contributed by atoms with van der Waals surface area (Å²) >= 11 is 0. The van der Waals surface area contributed by atoms with Crippen LogP contribution in [0.3, 0.4) is 0 Å². The third-order valence-electron chi connectivity index (χ3n) is 5.02. The van der Waals surface area contributed by atoms with Crippen LogP contribution in [0, 0.1) is 0 Å². The second-order valence-electron chi connectivity index (χ2n) is 6.88. The fourth-order valence-electron chi connectivity index (χ4n) is 3.38. The molecule has 1 N–H and O–H groups in total. The highest BCUT2D eigenvalue weighted by atomic mass is 32.2. The zero-order valence-corrected chi connectivity index (χ0v) is 16.3. The van der Waals surface area contributed by atoms with E-state index in [1.54, 1.807) is 22.5 Å². The third kappa shape index (κ3) is 3.64. The summed E-state index contributed by atoms with van der Waals surface area (Å²) in [5.74, 6) is -0.0234. The summed E-state index contributed by atoms with van der Waals surface area (Å²) in [4.78, 5) is 12.6. The molecule has 2 aromatic rings. The lowest BCUT2D eigenvalue weighted by Crippen LogP contribution is -2.31. The van der Waals surface area contributed by atoms with E-state index < -0.39 is 10.0 Å². The number of rotatable bonds is 7. The van der Waals surface area contributed by atoms with Crippen molar-refractivity contribution in [2.75, 3.05) is 19.6 Å². The van der Waals surface area contributed by atoms with Gasteiger partial charge in [-0.05, 0) is 50.5 Å². The first-order valence-electron chi connectivity index (χ1n) is 9.33. The summed E-state index contributed by atoms with van der Waals surface area (Å²) in [6.45, 7) is 5.81. The lowest BCUT2D eigenvalue weighted by molar-refractivity contribution is -0.123. The van der Waals surface area contributed by atoms with E-state index in [1.165, 1.54) is 0 Å². The first-order chi connectivity index (χ1) is 12.4. The molecule has 3 rings (SSSR count). The third-order valence-corrected chi connectivity index (χ3v) is 6.92. The van der Waals surface area contributed by atoms with Crippen LogP contribution >= 0.6 is 0 Å². The van der Waals surface area contributed by atoms with E-state index in [-0.39, 0.29) is 11.9 Å². The summed E-state index contributed by atoms with van der Waals surface area (Å²) < 4.78 is 28.9. The van der Waals surface area contributed by atoms with Crippen molar-refractivity contribution in [3.8, 4) is 0 Å². The molecule has 6 nitrogen and oxygen atoms in total. The van der Waals surface area contributed by atoms with Crippen LogP contribution in [0.2, 0.25) is 0 Å². The van der Waals surface area contributed by atoms with Gasteiger partial charge in [-0.2, -0.15) is 4.31 Å². The first kappa shape index (κ1) is 18.9. The highest BCUT2D eigenvalue weighted by Gasteiger charge is 2.27. The Balaban J connectivity index is 1.84. The fraction of sp³-hybridized carbons (Fsp3) is 0.526. The largest absolute Gasteiger partial charge is 0.354 e. The van der Waals surface area contributed by atoms with E-state index in [0.717, 1.165) is 36.6 Å². The number of amides is 1. The van der Waals surface area contributed by atoms with E-state index in [0.29, 0.717) is 24.5 Å². The van der Waals surface area contributed by atoms with Crippen LogP contribution in [0.25, 0.3) is 10.9 Å². The maximum absolute atomic E-state index is 12.7. The molecule has 1 amide bonds. The number of fused-ring (bicyclic) bond motifs is 1. The Morgan fingerprint density at radius 2 is 1.96 bits per heavy atom. The van der Waals surface area contributed by atoms with E-state index in [9.17, 15) is 13.2 Å². The summed E-state index contributed by atoms with van der Waals surface area (Å²) in [5, 5.41) is 3.78. The van der Waals surface area contributed by atoms with Crippen molar-refractivity contribution in [1.82, 2.24) is 14.2 Å². The summed E-state index contributed by atoms with van der Waals surface area (Å²) in [6, 6.07) is 6.68. The van der Waals surface area contributed by atoms with Gasteiger partial charge in [0, 0.05) is 36.7 Å². The molecule has 1 saturated heterocycles. The Morgan fingerprint density at radius 1 is 1.23 bits per heavy atom. The van der Waals surface area contributed by atoms with Gasteiger partial charge in [0.1, 0.15) is 6.04 Å². The zero-order valence-electron chi connectivity index (χ0n) is 15.4. The minimum atomic E-state index is -3.43. The maximum atomic E-state index is 12.7. The van der Waals surface area contributed by atoms with Crippen molar-refractivity contribution in [2.24, 2.45) is 0 Å². The summed E-state index contributed by atoms with van der Waals surface area (Å²) in [5.41, 5.74) is 0.864. The molecule has 1 aliphatic heterocycles. The van der Waals surface area contributed by atoms with Crippen molar-refractivity contribution < 1.29 is 13.2 Å².